The van der Waals surface area contributed by atoms with Crippen LogP contribution in [0.2, 0.25) is 0 Å². The van der Waals surface area contributed by atoms with Gasteiger partial charge in [0.15, 0.2) is 0 Å². The van der Waals surface area contributed by atoms with Gasteiger partial charge in [0.2, 0.25) is 10.0 Å². The van der Waals surface area contributed by atoms with Crippen LogP contribution in [-0.2, 0) is 14.8 Å². The largest absolute Gasteiger partial charge is 0.480 e. The van der Waals surface area contributed by atoms with Crippen LogP contribution in [-0.4, -0.2) is 60.3 Å². The van der Waals surface area contributed by atoms with E-state index in [1.807, 2.05) is 0 Å². The fourth-order valence-corrected chi connectivity index (χ4v) is 3.98. The summed E-state index contributed by atoms with van der Waals surface area (Å²) in [5, 5.41) is 9.02. The number of hydrogen-bond donors (Lipinski definition) is 1. The molecule has 1 N–H and O–H groups in total. The predicted octanol–water partition coefficient (Wildman–Crippen LogP) is 1.96. The van der Waals surface area contributed by atoms with Gasteiger partial charge < -0.3 is 10.0 Å². The molecule has 1 aromatic rings. The summed E-state index contributed by atoms with van der Waals surface area (Å²) in [4.78, 5) is 25.1. The maximum absolute atomic E-state index is 12.8. The summed E-state index contributed by atoms with van der Waals surface area (Å²) >= 11 is 0. The van der Waals surface area contributed by atoms with Crippen molar-refractivity contribution in [3.8, 4) is 0 Å². The zero-order valence-corrected chi connectivity index (χ0v) is 16.1. The molecule has 0 unspecified atom stereocenters. The zero-order chi connectivity index (χ0) is 19.4. The standard InChI is InChI=1S/C17H26N2O5S/c1-6-18(7-2)25(23,24)14-9-8-13(5)15(10-14)17(22)19(12(3)4)11-16(20)21/h8-10,12H,6-7,11H2,1-5H3,(H,20,21). The fraction of sp³-hybridized carbons (Fsp3) is 0.529. The van der Waals surface area contributed by atoms with Crippen LogP contribution in [0.5, 0.6) is 0 Å². The molecule has 0 heterocycles. The molecule has 0 aliphatic rings. The predicted molar refractivity (Wildman–Crippen MR) is 95.1 cm³/mol. The molecule has 1 aromatic carbocycles. The van der Waals surface area contributed by atoms with Crippen LogP contribution in [0.4, 0.5) is 0 Å². The van der Waals surface area contributed by atoms with E-state index in [0.29, 0.717) is 18.7 Å². The summed E-state index contributed by atoms with van der Waals surface area (Å²) in [6, 6.07) is 4.05. The summed E-state index contributed by atoms with van der Waals surface area (Å²) in [7, 11) is -3.70. The second kappa shape index (κ2) is 8.44. The topological polar surface area (TPSA) is 95.0 Å². The van der Waals surface area contributed by atoms with Crippen LogP contribution in [0.1, 0.15) is 43.6 Å². The minimum Gasteiger partial charge on any atom is -0.480 e. The molecule has 0 fully saturated rings. The van der Waals surface area contributed by atoms with Crippen molar-refractivity contribution in [3.63, 3.8) is 0 Å². The van der Waals surface area contributed by atoms with Gasteiger partial charge in [0.1, 0.15) is 6.54 Å². The Balaban J connectivity index is 3.38. The molecule has 1 rings (SSSR count). The van der Waals surface area contributed by atoms with E-state index in [-0.39, 0.29) is 16.5 Å². The van der Waals surface area contributed by atoms with Gasteiger partial charge in [-0.25, -0.2) is 8.42 Å². The molecule has 1 amide bonds. The Labute approximate surface area is 149 Å². The molecule has 8 heteroatoms. The molecule has 0 bridgehead atoms. The van der Waals surface area contributed by atoms with Gasteiger partial charge in [0.25, 0.3) is 5.91 Å². The molecule has 0 aromatic heterocycles. The average Bonchev–Trinajstić information content (AvgIpc) is 2.52. The van der Waals surface area contributed by atoms with Gasteiger partial charge in [-0.3, -0.25) is 9.59 Å². The lowest BCUT2D eigenvalue weighted by atomic mass is 10.1. The van der Waals surface area contributed by atoms with E-state index >= 15 is 0 Å². The molecule has 140 valence electrons. The first-order valence-electron chi connectivity index (χ1n) is 8.19. The van der Waals surface area contributed by atoms with Gasteiger partial charge in [-0.2, -0.15) is 4.31 Å². The first-order valence-corrected chi connectivity index (χ1v) is 9.63. The Morgan fingerprint density at radius 1 is 1.16 bits per heavy atom. The Kier molecular flexibility index (Phi) is 7.13. The van der Waals surface area contributed by atoms with Gasteiger partial charge in [0.05, 0.1) is 4.90 Å². The average molecular weight is 370 g/mol. The quantitative estimate of drug-likeness (QED) is 0.755. The highest BCUT2D eigenvalue weighted by Gasteiger charge is 2.26. The Morgan fingerprint density at radius 2 is 1.72 bits per heavy atom. The maximum Gasteiger partial charge on any atom is 0.323 e. The second-order valence-corrected chi connectivity index (χ2v) is 7.92. The van der Waals surface area contributed by atoms with Crippen molar-refractivity contribution in [3.05, 3.63) is 29.3 Å². The molecule has 0 saturated heterocycles. The third-order valence-corrected chi connectivity index (χ3v) is 6.02. The Morgan fingerprint density at radius 3 is 2.16 bits per heavy atom. The molecule has 0 radical (unpaired) electrons. The number of rotatable bonds is 8. The first kappa shape index (κ1) is 21.1. The van der Waals surface area contributed by atoms with E-state index in [2.05, 4.69) is 0 Å². The number of aryl methyl sites for hydroxylation is 1. The highest BCUT2D eigenvalue weighted by molar-refractivity contribution is 7.89. The van der Waals surface area contributed by atoms with E-state index in [4.69, 9.17) is 5.11 Å². The van der Waals surface area contributed by atoms with E-state index in [9.17, 15) is 18.0 Å². The SMILES string of the molecule is CCN(CC)S(=O)(=O)c1ccc(C)c(C(=O)N(CC(=O)O)C(C)C)c1. The summed E-state index contributed by atoms with van der Waals surface area (Å²) in [5.74, 6) is -1.61. The monoisotopic (exact) mass is 370 g/mol. The molecule has 0 saturated carbocycles. The van der Waals surface area contributed by atoms with Crippen LogP contribution < -0.4 is 0 Å². The summed E-state index contributed by atoms with van der Waals surface area (Å²) in [5.41, 5.74) is 0.794. The lowest BCUT2D eigenvalue weighted by Gasteiger charge is -2.26. The number of sulfonamides is 1. The van der Waals surface area contributed by atoms with Gasteiger partial charge >= 0.3 is 5.97 Å². The molecule has 25 heavy (non-hydrogen) atoms. The van der Waals surface area contributed by atoms with Crippen LogP contribution in [0.25, 0.3) is 0 Å². The summed E-state index contributed by atoms with van der Waals surface area (Å²) in [6.07, 6.45) is 0. The van der Waals surface area contributed by atoms with Crippen molar-refractivity contribution in [1.29, 1.82) is 0 Å². The Bertz CT molecular complexity index is 739. The van der Waals surface area contributed by atoms with Gasteiger partial charge in [-0.1, -0.05) is 19.9 Å². The molecule has 0 aliphatic carbocycles. The number of amides is 1. The lowest BCUT2D eigenvalue weighted by molar-refractivity contribution is -0.138. The Hall–Kier alpha value is -1.93. The van der Waals surface area contributed by atoms with Crippen LogP contribution in [0.3, 0.4) is 0 Å². The van der Waals surface area contributed by atoms with Crippen LogP contribution >= 0.6 is 0 Å². The molecule has 7 nitrogen and oxygen atoms in total. The molecular weight excluding hydrogens is 344 g/mol. The van der Waals surface area contributed by atoms with Crippen molar-refractivity contribution >= 4 is 21.9 Å². The van der Waals surface area contributed by atoms with Crippen molar-refractivity contribution in [2.45, 2.75) is 45.6 Å². The van der Waals surface area contributed by atoms with E-state index in [1.165, 1.54) is 21.3 Å². The number of carbonyl (C=O) groups is 2. The summed E-state index contributed by atoms with van der Waals surface area (Å²) in [6.45, 7) is 8.83. The van der Waals surface area contributed by atoms with Crippen LogP contribution in [0.15, 0.2) is 23.1 Å². The number of benzene rings is 1. The van der Waals surface area contributed by atoms with Crippen LogP contribution in [0, 0.1) is 6.92 Å². The number of hydrogen-bond acceptors (Lipinski definition) is 4. The van der Waals surface area contributed by atoms with Crippen molar-refractivity contribution < 1.29 is 23.1 Å². The molecule has 0 aliphatic heterocycles. The number of carbonyl (C=O) groups excluding carboxylic acids is 1. The maximum atomic E-state index is 12.8. The smallest absolute Gasteiger partial charge is 0.323 e. The van der Waals surface area contributed by atoms with Crippen molar-refractivity contribution in [2.24, 2.45) is 0 Å². The lowest BCUT2D eigenvalue weighted by Crippen LogP contribution is -2.41. The van der Waals surface area contributed by atoms with Gasteiger partial charge in [0, 0.05) is 24.7 Å². The molecular formula is C17H26N2O5S. The molecule has 0 spiro atoms. The first-order chi connectivity index (χ1) is 11.6. The number of carboxylic acid groups (broad SMARTS) is 1. The normalized spacial score (nSPS) is 11.8. The number of carboxylic acids is 1. The van der Waals surface area contributed by atoms with Gasteiger partial charge in [-0.15, -0.1) is 0 Å². The highest BCUT2D eigenvalue weighted by atomic mass is 32.2. The molecule has 0 atom stereocenters. The second-order valence-electron chi connectivity index (χ2n) is 5.99. The third-order valence-electron chi connectivity index (χ3n) is 3.97. The minimum absolute atomic E-state index is 0.0316. The van der Waals surface area contributed by atoms with Crippen molar-refractivity contribution in [2.75, 3.05) is 19.6 Å². The van der Waals surface area contributed by atoms with E-state index < -0.39 is 28.4 Å². The van der Waals surface area contributed by atoms with Crippen molar-refractivity contribution in [1.82, 2.24) is 9.21 Å². The van der Waals surface area contributed by atoms with Gasteiger partial charge in [-0.05, 0) is 38.5 Å². The fourth-order valence-electron chi connectivity index (χ4n) is 2.49. The number of aliphatic carboxylic acids is 1. The zero-order valence-electron chi connectivity index (χ0n) is 15.3. The third kappa shape index (κ3) is 4.79. The summed E-state index contributed by atoms with van der Waals surface area (Å²) < 4.78 is 26.6. The van der Waals surface area contributed by atoms with E-state index in [1.54, 1.807) is 40.7 Å². The number of nitrogens with zero attached hydrogens (tertiary/aromatic N) is 2. The minimum atomic E-state index is -3.70. The van der Waals surface area contributed by atoms with E-state index in [0.717, 1.165) is 0 Å². The highest BCUT2D eigenvalue weighted by Crippen LogP contribution is 2.21.